The molecule has 0 heteroatoms. The predicted molar refractivity (Wildman–Crippen MR) is 233 cm³/mol. The Morgan fingerprint density at radius 3 is 1.37 bits per heavy atom. The molecule has 0 bridgehead atoms. The zero-order chi connectivity index (χ0) is 35.6. The van der Waals surface area contributed by atoms with Crippen LogP contribution in [0.3, 0.4) is 0 Å². The molecular weight excluding hydrogens is 649 g/mol. The molecule has 0 heterocycles. The summed E-state index contributed by atoms with van der Waals surface area (Å²) in [6, 6.07) is 76.1. The second kappa shape index (κ2) is 12.3. The largest absolute Gasteiger partial charge is 0.0616 e. The molecule has 0 nitrogen and oxygen atoms in total. The molecular formula is C54H34. The van der Waals surface area contributed by atoms with Gasteiger partial charge in [0.1, 0.15) is 0 Å². The van der Waals surface area contributed by atoms with Gasteiger partial charge in [0.05, 0.1) is 0 Å². The van der Waals surface area contributed by atoms with Crippen molar-refractivity contribution in [3.05, 3.63) is 206 Å². The lowest BCUT2D eigenvalue weighted by molar-refractivity contribution is 1.62. The van der Waals surface area contributed by atoms with Gasteiger partial charge in [0.2, 0.25) is 0 Å². The number of hydrogen-bond acceptors (Lipinski definition) is 0. The van der Waals surface area contributed by atoms with Crippen LogP contribution in [-0.4, -0.2) is 0 Å². The van der Waals surface area contributed by atoms with E-state index in [1.165, 1.54) is 109 Å². The Kier molecular flexibility index (Phi) is 6.97. The summed E-state index contributed by atoms with van der Waals surface area (Å²) in [5.41, 5.74) is 9.94. The molecule has 0 saturated carbocycles. The highest BCUT2D eigenvalue weighted by molar-refractivity contribution is 6.24. The molecule has 54 heavy (non-hydrogen) atoms. The fraction of sp³-hybridized carbons (Fsp3) is 0. The monoisotopic (exact) mass is 682 g/mol. The summed E-state index contributed by atoms with van der Waals surface area (Å²) in [7, 11) is 0. The van der Waals surface area contributed by atoms with E-state index in [1.54, 1.807) is 0 Å². The van der Waals surface area contributed by atoms with Gasteiger partial charge in [-0.3, -0.25) is 0 Å². The van der Waals surface area contributed by atoms with Crippen LogP contribution in [0.15, 0.2) is 206 Å². The molecule has 0 aliphatic carbocycles. The summed E-state index contributed by atoms with van der Waals surface area (Å²) in [5.74, 6) is 0. The van der Waals surface area contributed by atoms with Crippen LogP contribution in [0.1, 0.15) is 0 Å². The molecule has 0 fully saturated rings. The van der Waals surface area contributed by atoms with Gasteiger partial charge in [-0.2, -0.15) is 0 Å². The molecule has 0 aliphatic rings. The molecule has 0 radical (unpaired) electrons. The lowest BCUT2D eigenvalue weighted by Gasteiger charge is -2.18. The Hall–Kier alpha value is -7.02. The summed E-state index contributed by atoms with van der Waals surface area (Å²) in [4.78, 5) is 0. The third-order valence-corrected chi connectivity index (χ3v) is 11.4. The van der Waals surface area contributed by atoms with E-state index in [0.717, 1.165) is 0 Å². The number of hydrogen-bond donors (Lipinski definition) is 0. The van der Waals surface area contributed by atoms with E-state index in [9.17, 15) is 0 Å². The predicted octanol–water partition coefficient (Wildman–Crippen LogP) is 15.3. The van der Waals surface area contributed by atoms with Crippen molar-refractivity contribution in [3.8, 4) is 44.5 Å². The lowest BCUT2D eigenvalue weighted by Crippen LogP contribution is -1.91. The summed E-state index contributed by atoms with van der Waals surface area (Å²) in [5, 5.41) is 15.3. The highest BCUT2D eigenvalue weighted by Crippen LogP contribution is 2.45. The molecule has 0 aliphatic heterocycles. The summed E-state index contributed by atoms with van der Waals surface area (Å²) < 4.78 is 0. The first-order valence-corrected chi connectivity index (χ1v) is 18.8. The van der Waals surface area contributed by atoms with Crippen LogP contribution in [0.5, 0.6) is 0 Å². The summed E-state index contributed by atoms with van der Waals surface area (Å²) >= 11 is 0. The van der Waals surface area contributed by atoms with Gasteiger partial charge in [0.25, 0.3) is 0 Å². The van der Waals surface area contributed by atoms with Gasteiger partial charge in [-0.15, -0.1) is 0 Å². The van der Waals surface area contributed by atoms with Gasteiger partial charge < -0.3 is 0 Å². The SMILES string of the molecule is c1cc(-c2ccc3ccccc3c2)cc(-c2c3ccccc3c(-c3ccc(-c4cc5ccc6ccccc6c5c5ccccc45)cc3)c3ccccc23)c1. The average Bonchev–Trinajstić information content (AvgIpc) is 3.25. The minimum absolute atomic E-state index is 1.22. The van der Waals surface area contributed by atoms with Crippen molar-refractivity contribution in [2.45, 2.75) is 0 Å². The zero-order valence-electron chi connectivity index (χ0n) is 29.6. The molecule has 11 aromatic carbocycles. The van der Waals surface area contributed by atoms with Crippen LogP contribution >= 0.6 is 0 Å². The van der Waals surface area contributed by atoms with Crippen LogP contribution < -0.4 is 0 Å². The first-order valence-electron chi connectivity index (χ1n) is 18.8. The Morgan fingerprint density at radius 1 is 0.204 bits per heavy atom. The fourth-order valence-corrected chi connectivity index (χ4v) is 8.91. The van der Waals surface area contributed by atoms with Crippen LogP contribution in [0.25, 0.3) is 109 Å². The van der Waals surface area contributed by atoms with Gasteiger partial charge in [-0.05, 0) is 127 Å². The van der Waals surface area contributed by atoms with Crippen LogP contribution in [0.4, 0.5) is 0 Å². The van der Waals surface area contributed by atoms with Gasteiger partial charge >= 0.3 is 0 Å². The molecule has 250 valence electrons. The average molecular weight is 683 g/mol. The second-order valence-electron chi connectivity index (χ2n) is 14.4. The highest BCUT2D eigenvalue weighted by atomic mass is 14.2. The second-order valence-corrected chi connectivity index (χ2v) is 14.4. The van der Waals surface area contributed by atoms with Crippen molar-refractivity contribution in [2.75, 3.05) is 0 Å². The molecule has 0 atom stereocenters. The molecule has 0 saturated heterocycles. The van der Waals surface area contributed by atoms with E-state index >= 15 is 0 Å². The van der Waals surface area contributed by atoms with E-state index in [1.807, 2.05) is 0 Å². The van der Waals surface area contributed by atoms with Crippen molar-refractivity contribution < 1.29 is 0 Å². The van der Waals surface area contributed by atoms with Crippen molar-refractivity contribution in [3.63, 3.8) is 0 Å². The van der Waals surface area contributed by atoms with Gasteiger partial charge in [0, 0.05) is 0 Å². The van der Waals surface area contributed by atoms with E-state index in [4.69, 9.17) is 0 Å². The molecule has 0 spiro atoms. The molecule has 0 unspecified atom stereocenters. The molecule has 0 aromatic heterocycles. The maximum absolute atomic E-state index is 2.38. The van der Waals surface area contributed by atoms with Crippen molar-refractivity contribution >= 4 is 64.6 Å². The minimum atomic E-state index is 1.22. The molecule has 11 rings (SSSR count). The zero-order valence-corrected chi connectivity index (χ0v) is 29.6. The van der Waals surface area contributed by atoms with Crippen LogP contribution in [-0.2, 0) is 0 Å². The topological polar surface area (TPSA) is 0 Å². The van der Waals surface area contributed by atoms with Crippen LogP contribution in [0.2, 0.25) is 0 Å². The fourth-order valence-electron chi connectivity index (χ4n) is 8.91. The first kappa shape index (κ1) is 30.6. The lowest BCUT2D eigenvalue weighted by atomic mass is 9.85. The van der Waals surface area contributed by atoms with E-state index < -0.39 is 0 Å². The minimum Gasteiger partial charge on any atom is -0.0616 e. The van der Waals surface area contributed by atoms with Crippen molar-refractivity contribution in [2.24, 2.45) is 0 Å². The maximum atomic E-state index is 2.38. The van der Waals surface area contributed by atoms with Crippen LogP contribution in [0, 0.1) is 0 Å². The Labute approximate surface area is 314 Å². The molecule has 0 amide bonds. The van der Waals surface area contributed by atoms with Crippen molar-refractivity contribution in [1.82, 2.24) is 0 Å². The quantitative estimate of drug-likeness (QED) is 0.128. The van der Waals surface area contributed by atoms with Gasteiger partial charge in [0.15, 0.2) is 0 Å². The smallest absolute Gasteiger partial charge is 0.00262 e. The standard InChI is InChI=1S/C54H34/c1-2-14-39-32-41(30-24-35(39)12-1)40-15-11-16-42(33-40)54-49-22-9-7-20-47(49)52(48-21-8-10-23-50(48)54)38-28-25-37(26-29-38)51-34-43-31-27-36-13-3-4-17-44(36)53(43)46-19-6-5-18-45(46)51/h1-34H. The van der Waals surface area contributed by atoms with E-state index in [-0.39, 0.29) is 0 Å². The third-order valence-electron chi connectivity index (χ3n) is 11.4. The number of fused-ring (bicyclic) bond motifs is 8. The Balaban J connectivity index is 1.07. The van der Waals surface area contributed by atoms with Crippen molar-refractivity contribution in [1.29, 1.82) is 0 Å². The Morgan fingerprint density at radius 2 is 0.667 bits per heavy atom. The number of rotatable bonds is 4. The van der Waals surface area contributed by atoms with Gasteiger partial charge in [-0.1, -0.05) is 188 Å². The third kappa shape index (κ3) is 4.85. The maximum Gasteiger partial charge on any atom is -0.00262 e. The summed E-state index contributed by atoms with van der Waals surface area (Å²) in [6.45, 7) is 0. The summed E-state index contributed by atoms with van der Waals surface area (Å²) in [6.07, 6.45) is 0. The highest BCUT2D eigenvalue weighted by Gasteiger charge is 2.18. The van der Waals surface area contributed by atoms with E-state index in [0.29, 0.717) is 0 Å². The number of benzene rings is 11. The first-order chi connectivity index (χ1) is 26.8. The molecule has 0 N–H and O–H groups in total. The normalized spacial score (nSPS) is 11.7. The Bertz CT molecular complexity index is 3200. The van der Waals surface area contributed by atoms with E-state index in [2.05, 4.69) is 206 Å². The van der Waals surface area contributed by atoms with Gasteiger partial charge in [-0.25, -0.2) is 0 Å². The molecule has 11 aromatic rings.